The minimum atomic E-state index is -0.438. The number of amides is 1. The fourth-order valence-electron chi connectivity index (χ4n) is 3.50. The number of hydrogen-bond acceptors (Lipinski definition) is 6. The average molecular weight is 504 g/mol. The third-order valence-corrected chi connectivity index (χ3v) is 6.36. The summed E-state index contributed by atoms with van der Waals surface area (Å²) in [4.78, 5) is 23.5. The van der Waals surface area contributed by atoms with Gasteiger partial charge in [-0.05, 0) is 41.5 Å². The topological polar surface area (TPSA) is 103 Å². The minimum absolute atomic E-state index is 0.0416. The zero-order valence-electron chi connectivity index (χ0n) is 19.1. The van der Waals surface area contributed by atoms with Crippen LogP contribution < -0.4 is 5.32 Å². The van der Waals surface area contributed by atoms with Gasteiger partial charge in [-0.2, -0.15) is 0 Å². The van der Waals surface area contributed by atoms with Gasteiger partial charge in [0.15, 0.2) is 11.0 Å². The summed E-state index contributed by atoms with van der Waals surface area (Å²) in [6, 6.07) is 19.6. The number of halogens is 1. The molecule has 0 spiro atoms. The quantitative estimate of drug-likeness (QED) is 0.135. The summed E-state index contributed by atoms with van der Waals surface area (Å²) < 4.78 is 14.8. The first-order valence-corrected chi connectivity index (χ1v) is 12.0. The Balaban J connectivity index is 1.42. The lowest BCUT2D eigenvalue weighted by Crippen LogP contribution is -2.22. The molecular weight excluding hydrogens is 481 g/mol. The predicted molar refractivity (Wildman–Crippen MR) is 136 cm³/mol. The Labute approximate surface area is 211 Å². The maximum absolute atomic E-state index is 13.0. The molecule has 1 aromatic heterocycles. The number of para-hydroxylation sites is 1. The van der Waals surface area contributed by atoms with E-state index in [1.807, 2.05) is 12.1 Å². The average Bonchev–Trinajstić information content (AvgIpc) is 3.29. The second kappa shape index (κ2) is 11.4. The van der Waals surface area contributed by atoms with Gasteiger partial charge in [-0.15, -0.1) is 16.8 Å². The van der Waals surface area contributed by atoms with E-state index in [0.29, 0.717) is 41.0 Å². The van der Waals surface area contributed by atoms with Gasteiger partial charge in [-0.3, -0.25) is 19.5 Å². The summed E-state index contributed by atoms with van der Waals surface area (Å²) in [5.41, 5.74) is 2.64. The van der Waals surface area contributed by atoms with Gasteiger partial charge in [0.05, 0.1) is 10.5 Å². The number of nitrogens with one attached hydrogen (secondary N) is 1. The fraction of sp³-hybridized carbons (Fsp3) is 0.115. The first-order chi connectivity index (χ1) is 17.5. The Morgan fingerprint density at radius 1 is 1.06 bits per heavy atom. The molecule has 8 nitrogen and oxygen atoms in total. The Morgan fingerprint density at radius 3 is 2.44 bits per heavy atom. The van der Waals surface area contributed by atoms with E-state index in [-0.39, 0.29) is 17.4 Å². The number of benzene rings is 3. The Hall–Kier alpha value is -4.31. The highest BCUT2D eigenvalue weighted by Crippen LogP contribution is 2.31. The van der Waals surface area contributed by atoms with Gasteiger partial charge < -0.3 is 5.32 Å². The summed E-state index contributed by atoms with van der Waals surface area (Å²) >= 11 is 1.43. The van der Waals surface area contributed by atoms with Crippen LogP contribution in [-0.2, 0) is 18.8 Å². The van der Waals surface area contributed by atoms with Crippen molar-refractivity contribution in [3.63, 3.8) is 0 Å². The zero-order valence-corrected chi connectivity index (χ0v) is 20.0. The summed E-state index contributed by atoms with van der Waals surface area (Å²) in [5, 5.41) is 23.3. The molecule has 0 radical (unpaired) electrons. The van der Waals surface area contributed by atoms with Gasteiger partial charge in [-0.1, -0.05) is 54.2 Å². The molecule has 10 heteroatoms. The second-order valence-corrected chi connectivity index (χ2v) is 8.72. The van der Waals surface area contributed by atoms with Crippen molar-refractivity contribution in [2.75, 3.05) is 0 Å². The molecule has 1 amide bonds. The number of rotatable bonds is 10. The lowest BCUT2D eigenvalue weighted by Gasteiger charge is -2.09. The molecule has 0 aliphatic carbocycles. The molecule has 0 fully saturated rings. The molecule has 0 atom stereocenters. The van der Waals surface area contributed by atoms with Crippen LogP contribution in [0.2, 0.25) is 0 Å². The number of nitro benzene ring substituents is 1. The molecule has 0 bridgehead atoms. The molecule has 36 heavy (non-hydrogen) atoms. The molecule has 0 saturated carbocycles. The first-order valence-electron chi connectivity index (χ1n) is 11.0. The molecule has 4 rings (SSSR count). The maximum Gasteiger partial charge on any atom is 0.280 e. The van der Waals surface area contributed by atoms with Crippen molar-refractivity contribution in [1.82, 2.24) is 20.1 Å². The third kappa shape index (κ3) is 5.84. The number of thioether (sulfide) groups is 1. The highest BCUT2D eigenvalue weighted by atomic mass is 32.2. The lowest BCUT2D eigenvalue weighted by atomic mass is 10.1. The monoisotopic (exact) mass is 503 g/mol. The molecule has 4 aromatic rings. The SMILES string of the molecule is C=CCn1c(SCc2ccc(C(=O)NCc3ccc(F)cc3)cc2)nnc1-c1ccccc1[N+](=O)[O-]. The van der Waals surface area contributed by atoms with Gasteiger partial charge >= 0.3 is 0 Å². The van der Waals surface area contributed by atoms with Crippen molar-refractivity contribution in [3.05, 3.63) is 118 Å². The maximum atomic E-state index is 13.0. The van der Waals surface area contributed by atoms with Crippen LogP contribution in [0.3, 0.4) is 0 Å². The van der Waals surface area contributed by atoms with E-state index in [4.69, 9.17) is 0 Å². The van der Waals surface area contributed by atoms with Crippen molar-refractivity contribution in [2.24, 2.45) is 0 Å². The third-order valence-electron chi connectivity index (χ3n) is 5.32. The lowest BCUT2D eigenvalue weighted by molar-refractivity contribution is -0.384. The highest BCUT2D eigenvalue weighted by Gasteiger charge is 2.21. The van der Waals surface area contributed by atoms with Gasteiger partial charge in [0.2, 0.25) is 0 Å². The molecular formula is C26H22FN5O3S. The van der Waals surface area contributed by atoms with Gasteiger partial charge in [-0.25, -0.2) is 4.39 Å². The Kier molecular flexibility index (Phi) is 7.86. The van der Waals surface area contributed by atoms with Crippen molar-refractivity contribution in [1.29, 1.82) is 0 Å². The molecule has 0 saturated heterocycles. The number of allylic oxidation sites excluding steroid dienone is 1. The summed E-state index contributed by atoms with van der Waals surface area (Å²) in [5.74, 6) is 0.416. The standard InChI is InChI=1S/C26H22FN5O3S/c1-2-15-31-24(22-5-3-4-6-23(22)32(34)35)29-30-26(31)36-17-19-7-11-20(12-8-19)25(33)28-16-18-9-13-21(27)14-10-18/h2-14H,1,15-17H2,(H,28,33). The van der Waals surface area contributed by atoms with Gasteiger partial charge in [0, 0.05) is 30.5 Å². The second-order valence-electron chi connectivity index (χ2n) is 7.77. The molecule has 0 aliphatic rings. The van der Waals surface area contributed by atoms with Crippen LogP contribution in [0.4, 0.5) is 10.1 Å². The van der Waals surface area contributed by atoms with Crippen LogP contribution >= 0.6 is 11.8 Å². The first kappa shape index (κ1) is 24.8. The number of hydrogen-bond donors (Lipinski definition) is 1. The fourth-order valence-corrected chi connectivity index (χ4v) is 4.40. The molecule has 1 heterocycles. The van der Waals surface area contributed by atoms with Crippen molar-refractivity contribution >= 4 is 23.4 Å². The van der Waals surface area contributed by atoms with Crippen LogP contribution in [0.15, 0.2) is 90.6 Å². The Morgan fingerprint density at radius 2 is 1.75 bits per heavy atom. The molecule has 0 aliphatic heterocycles. The summed E-state index contributed by atoms with van der Waals surface area (Å²) in [6.45, 7) is 4.47. The van der Waals surface area contributed by atoms with Crippen molar-refractivity contribution < 1.29 is 14.1 Å². The van der Waals surface area contributed by atoms with E-state index in [2.05, 4.69) is 22.1 Å². The smallest absolute Gasteiger partial charge is 0.280 e. The van der Waals surface area contributed by atoms with Crippen LogP contribution in [0.25, 0.3) is 11.4 Å². The van der Waals surface area contributed by atoms with Crippen LogP contribution in [0.1, 0.15) is 21.5 Å². The largest absolute Gasteiger partial charge is 0.348 e. The number of nitro groups is 1. The normalized spacial score (nSPS) is 10.7. The van der Waals surface area contributed by atoms with Crippen molar-refractivity contribution in [2.45, 2.75) is 24.0 Å². The van der Waals surface area contributed by atoms with Crippen LogP contribution in [-0.4, -0.2) is 25.6 Å². The zero-order chi connectivity index (χ0) is 25.5. The van der Waals surface area contributed by atoms with E-state index in [0.717, 1.165) is 11.1 Å². The van der Waals surface area contributed by atoms with Gasteiger partial charge in [0.1, 0.15) is 5.82 Å². The minimum Gasteiger partial charge on any atom is -0.348 e. The summed E-state index contributed by atoms with van der Waals surface area (Å²) in [6.07, 6.45) is 1.69. The van der Waals surface area contributed by atoms with E-state index in [1.165, 1.54) is 30.0 Å². The number of aromatic nitrogens is 3. The molecule has 3 aromatic carbocycles. The Bertz CT molecular complexity index is 1390. The van der Waals surface area contributed by atoms with Crippen LogP contribution in [0, 0.1) is 15.9 Å². The number of nitrogens with zero attached hydrogens (tertiary/aromatic N) is 4. The number of carbonyl (C=O) groups excluding carboxylic acids is 1. The number of carbonyl (C=O) groups is 1. The van der Waals surface area contributed by atoms with E-state index >= 15 is 0 Å². The molecule has 0 unspecified atom stereocenters. The van der Waals surface area contributed by atoms with Crippen molar-refractivity contribution in [3.8, 4) is 11.4 Å². The highest BCUT2D eigenvalue weighted by molar-refractivity contribution is 7.98. The van der Waals surface area contributed by atoms with E-state index in [1.54, 1.807) is 53.1 Å². The summed E-state index contributed by atoms with van der Waals surface area (Å²) in [7, 11) is 0. The molecule has 182 valence electrons. The van der Waals surface area contributed by atoms with E-state index in [9.17, 15) is 19.3 Å². The van der Waals surface area contributed by atoms with Crippen LogP contribution in [0.5, 0.6) is 0 Å². The van der Waals surface area contributed by atoms with E-state index < -0.39 is 4.92 Å². The predicted octanol–water partition coefficient (Wildman–Crippen LogP) is 5.40. The molecule has 1 N–H and O–H groups in total. The van der Waals surface area contributed by atoms with Gasteiger partial charge in [0.25, 0.3) is 11.6 Å².